The standard InChI is InChI=1S/C15H24N8/c1-20(2)15-16-6-4-14(19-15)21(3)13-5-9-22(12-13)10-11-23-17-7-8-18-23/h4,6-8,13H,5,9-12H2,1-3H3. The van der Waals surface area contributed by atoms with E-state index in [0.717, 1.165) is 44.4 Å². The van der Waals surface area contributed by atoms with Gasteiger partial charge < -0.3 is 9.80 Å². The van der Waals surface area contributed by atoms with Gasteiger partial charge in [-0.15, -0.1) is 0 Å². The molecule has 0 aromatic carbocycles. The first-order valence-electron chi connectivity index (χ1n) is 7.93. The minimum atomic E-state index is 0.477. The minimum Gasteiger partial charge on any atom is -0.355 e. The Morgan fingerprint density at radius 2 is 1.91 bits per heavy atom. The molecule has 0 spiro atoms. The van der Waals surface area contributed by atoms with Crippen LogP contribution in [-0.2, 0) is 6.54 Å². The van der Waals surface area contributed by atoms with E-state index in [1.807, 2.05) is 31.3 Å². The summed E-state index contributed by atoms with van der Waals surface area (Å²) in [5.74, 6) is 1.72. The van der Waals surface area contributed by atoms with E-state index in [-0.39, 0.29) is 0 Å². The van der Waals surface area contributed by atoms with Crippen LogP contribution in [0.3, 0.4) is 0 Å². The first-order chi connectivity index (χ1) is 11.1. The van der Waals surface area contributed by atoms with Gasteiger partial charge in [-0.3, -0.25) is 4.90 Å². The second kappa shape index (κ2) is 6.91. The first-order valence-corrected chi connectivity index (χ1v) is 7.93. The normalized spacial score (nSPS) is 18.3. The van der Waals surface area contributed by atoms with Crippen LogP contribution in [-0.4, -0.2) is 76.7 Å². The van der Waals surface area contributed by atoms with Gasteiger partial charge in [0, 0.05) is 53.0 Å². The zero-order valence-corrected chi connectivity index (χ0v) is 14.0. The van der Waals surface area contributed by atoms with Gasteiger partial charge in [-0.05, 0) is 12.5 Å². The summed E-state index contributed by atoms with van der Waals surface area (Å²) in [6.45, 7) is 3.95. The Bertz CT molecular complexity index is 612. The summed E-state index contributed by atoms with van der Waals surface area (Å²) >= 11 is 0. The zero-order chi connectivity index (χ0) is 16.2. The molecular formula is C15H24N8. The molecule has 0 radical (unpaired) electrons. The smallest absolute Gasteiger partial charge is 0.226 e. The maximum Gasteiger partial charge on any atom is 0.226 e. The molecule has 3 heterocycles. The highest BCUT2D eigenvalue weighted by atomic mass is 15.5. The van der Waals surface area contributed by atoms with Gasteiger partial charge in [-0.2, -0.15) is 20.0 Å². The maximum absolute atomic E-state index is 4.63. The van der Waals surface area contributed by atoms with Gasteiger partial charge in [0.2, 0.25) is 5.95 Å². The summed E-state index contributed by atoms with van der Waals surface area (Å²) in [6, 6.07) is 2.45. The topological polar surface area (TPSA) is 66.2 Å². The number of hydrogen-bond acceptors (Lipinski definition) is 7. The monoisotopic (exact) mass is 316 g/mol. The number of rotatable bonds is 6. The highest BCUT2D eigenvalue weighted by molar-refractivity contribution is 5.43. The van der Waals surface area contributed by atoms with Crippen molar-refractivity contribution in [3.05, 3.63) is 24.7 Å². The average Bonchev–Trinajstić information content (AvgIpc) is 3.24. The number of nitrogens with zero attached hydrogens (tertiary/aromatic N) is 8. The molecule has 2 aromatic rings. The molecule has 8 heteroatoms. The number of likely N-dealkylation sites (tertiary alicyclic amines) is 1. The fraction of sp³-hybridized carbons (Fsp3) is 0.600. The van der Waals surface area contributed by atoms with Crippen molar-refractivity contribution in [2.45, 2.75) is 19.0 Å². The van der Waals surface area contributed by atoms with Gasteiger partial charge in [0.15, 0.2) is 0 Å². The second-order valence-corrected chi connectivity index (χ2v) is 6.09. The van der Waals surface area contributed by atoms with Crippen molar-refractivity contribution in [2.24, 2.45) is 0 Å². The molecule has 1 saturated heterocycles. The summed E-state index contributed by atoms with van der Waals surface area (Å²) in [5.41, 5.74) is 0. The van der Waals surface area contributed by atoms with Crippen molar-refractivity contribution in [3.8, 4) is 0 Å². The van der Waals surface area contributed by atoms with Crippen molar-refractivity contribution in [3.63, 3.8) is 0 Å². The fourth-order valence-corrected chi connectivity index (χ4v) is 2.86. The Kier molecular flexibility index (Phi) is 4.71. The van der Waals surface area contributed by atoms with Crippen LogP contribution in [0.25, 0.3) is 0 Å². The largest absolute Gasteiger partial charge is 0.355 e. The molecule has 1 aliphatic rings. The molecule has 1 atom stereocenters. The van der Waals surface area contributed by atoms with Crippen LogP contribution in [0.15, 0.2) is 24.7 Å². The highest BCUT2D eigenvalue weighted by Crippen LogP contribution is 2.20. The Morgan fingerprint density at radius 3 is 2.65 bits per heavy atom. The quantitative estimate of drug-likeness (QED) is 0.761. The molecule has 0 aliphatic carbocycles. The summed E-state index contributed by atoms with van der Waals surface area (Å²) < 4.78 is 0. The Balaban J connectivity index is 1.56. The van der Waals surface area contributed by atoms with Crippen LogP contribution in [0, 0.1) is 0 Å². The van der Waals surface area contributed by atoms with Gasteiger partial charge in [-0.25, -0.2) is 4.98 Å². The first kappa shape index (κ1) is 15.7. The van der Waals surface area contributed by atoms with Gasteiger partial charge in [-0.1, -0.05) is 0 Å². The molecule has 0 saturated carbocycles. The molecule has 3 rings (SSSR count). The van der Waals surface area contributed by atoms with Gasteiger partial charge in [0.05, 0.1) is 18.9 Å². The fourth-order valence-electron chi connectivity index (χ4n) is 2.86. The van der Waals surface area contributed by atoms with Crippen molar-refractivity contribution in [1.82, 2.24) is 29.9 Å². The van der Waals surface area contributed by atoms with Crippen LogP contribution >= 0.6 is 0 Å². The van der Waals surface area contributed by atoms with Crippen LogP contribution in [0.4, 0.5) is 11.8 Å². The van der Waals surface area contributed by atoms with Crippen LogP contribution < -0.4 is 9.80 Å². The predicted octanol–water partition coefficient (Wildman–Crippen LogP) is 0.345. The number of hydrogen-bond donors (Lipinski definition) is 0. The van der Waals surface area contributed by atoms with E-state index < -0.39 is 0 Å². The molecule has 8 nitrogen and oxygen atoms in total. The van der Waals surface area contributed by atoms with E-state index in [9.17, 15) is 0 Å². The number of anilines is 2. The van der Waals surface area contributed by atoms with E-state index in [1.165, 1.54) is 0 Å². The van der Waals surface area contributed by atoms with Crippen LogP contribution in [0.5, 0.6) is 0 Å². The SMILES string of the molecule is CN(C)c1nccc(N(C)C2CCN(CCn3nccn3)C2)n1. The summed E-state index contributed by atoms with van der Waals surface area (Å²) in [7, 11) is 6.03. The van der Waals surface area contributed by atoms with Crippen LogP contribution in [0.1, 0.15) is 6.42 Å². The van der Waals surface area contributed by atoms with E-state index in [1.54, 1.807) is 17.2 Å². The van der Waals surface area contributed by atoms with Gasteiger partial charge in [0.25, 0.3) is 0 Å². The Morgan fingerprint density at radius 1 is 1.13 bits per heavy atom. The van der Waals surface area contributed by atoms with Gasteiger partial charge in [0.1, 0.15) is 5.82 Å². The molecule has 0 N–H and O–H groups in total. The lowest BCUT2D eigenvalue weighted by molar-refractivity contribution is 0.302. The number of aromatic nitrogens is 5. The highest BCUT2D eigenvalue weighted by Gasteiger charge is 2.26. The molecule has 0 amide bonds. The van der Waals surface area contributed by atoms with E-state index >= 15 is 0 Å². The molecule has 23 heavy (non-hydrogen) atoms. The molecule has 124 valence electrons. The number of likely N-dealkylation sites (N-methyl/N-ethyl adjacent to an activating group) is 1. The van der Waals surface area contributed by atoms with Crippen LogP contribution in [0.2, 0.25) is 0 Å². The molecule has 1 unspecified atom stereocenters. The van der Waals surface area contributed by atoms with Gasteiger partial charge >= 0.3 is 0 Å². The minimum absolute atomic E-state index is 0.477. The predicted molar refractivity (Wildman–Crippen MR) is 89.6 cm³/mol. The summed E-state index contributed by atoms with van der Waals surface area (Å²) in [5, 5.41) is 8.30. The van der Waals surface area contributed by atoms with E-state index in [2.05, 4.69) is 37.0 Å². The second-order valence-electron chi connectivity index (χ2n) is 6.09. The third kappa shape index (κ3) is 3.76. The third-order valence-corrected chi connectivity index (χ3v) is 4.27. The Labute approximate surface area is 136 Å². The summed E-state index contributed by atoms with van der Waals surface area (Å²) in [6.07, 6.45) is 6.41. The molecule has 1 aliphatic heterocycles. The zero-order valence-electron chi connectivity index (χ0n) is 14.0. The van der Waals surface area contributed by atoms with Crippen molar-refractivity contribution in [1.29, 1.82) is 0 Å². The summed E-state index contributed by atoms with van der Waals surface area (Å²) in [4.78, 5) is 17.3. The lowest BCUT2D eigenvalue weighted by Crippen LogP contribution is -2.36. The van der Waals surface area contributed by atoms with Crippen molar-refractivity contribution < 1.29 is 0 Å². The molecule has 1 fully saturated rings. The molecule has 0 bridgehead atoms. The third-order valence-electron chi connectivity index (χ3n) is 4.27. The molecule has 2 aromatic heterocycles. The van der Waals surface area contributed by atoms with Crippen molar-refractivity contribution >= 4 is 11.8 Å². The maximum atomic E-state index is 4.63. The Hall–Kier alpha value is -2.22. The van der Waals surface area contributed by atoms with E-state index in [0.29, 0.717) is 6.04 Å². The molecular weight excluding hydrogens is 292 g/mol. The lowest BCUT2D eigenvalue weighted by Gasteiger charge is -2.26. The van der Waals surface area contributed by atoms with E-state index in [4.69, 9.17) is 0 Å². The lowest BCUT2D eigenvalue weighted by atomic mass is 10.2. The van der Waals surface area contributed by atoms with Crippen molar-refractivity contribution in [2.75, 3.05) is 50.6 Å². The average molecular weight is 316 g/mol.